The van der Waals surface area contributed by atoms with E-state index in [2.05, 4.69) is 10.3 Å². The van der Waals surface area contributed by atoms with E-state index >= 15 is 0 Å². The fraction of sp³-hybridized carbons (Fsp3) is 0.294. The molecule has 3 rings (SSSR count). The molecule has 23 heavy (non-hydrogen) atoms. The zero-order valence-electron chi connectivity index (χ0n) is 12.8. The second-order valence-electron chi connectivity index (χ2n) is 5.44. The largest absolute Gasteiger partial charge is 0.329 e. The van der Waals surface area contributed by atoms with Crippen LogP contribution in [0.25, 0.3) is 0 Å². The minimum atomic E-state index is -0.434. The number of amides is 1. The predicted molar refractivity (Wildman–Crippen MR) is 89.3 cm³/mol. The predicted octanol–water partition coefficient (Wildman–Crippen LogP) is 2.74. The van der Waals surface area contributed by atoms with Gasteiger partial charge in [-0.25, -0.2) is 4.39 Å². The van der Waals surface area contributed by atoms with Gasteiger partial charge in [-0.15, -0.1) is 12.4 Å². The Hall–Kier alpha value is -1.98. The van der Waals surface area contributed by atoms with Gasteiger partial charge in [0.2, 0.25) is 0 Å². The minimum Gasteiger partial charge on any atom is -0.329 e. The Morgan fingerprint density at radius 3 is 2.91 bits per heavy atom. The molecule has 0 spiro atoms. The van der Waals surface area contributed by atoms with E-state index in [-0.39, 0.29) is 29.9 Å². The molecule has 1 aliphatic heterocycles. The van der Waals surface area contributed by atoms with Crippen molar-refractivity contribution in [2.24, 2.45) is 0 Å². The van der Waals surface area contributed by atoms with Gasteiger partial charge >= 0.3 is 0 Å². The van der Waals surface area contributed by atoms with E-state index in [1.54, 1.807) is 42.4 Å². The summed E-state index contributed by atoms with van der Waals surface area (Å²) < 4.78 is 14.3. The van der Waals surface area contributed by atoms with Gasteiger partial charge in [0.15, 0.2) is 0 Å². The van der Waals surface area contributed by atoms with Crippen LogP contribution in [-0.2, 0) is 0 Å². The van der Waals surface area contributed by atoms with Crippen molar-refractivity contribution in [2.75, 3.05) is 19.6 Å². The monoisotopic (exact) mass is 335 g/mol. The molecule has 1 saturated heterocycles. The lowest BCUT2D eigenvalue weighted by Gasteiger charge is -2.36. The molecule has 2 aromatic rings. The van der Waals surface area contributed by atoms with Crippen molar-refractivity contribution < 1.29 is 9.18 Å². The Morgan fingerprint density at radius 2 is 2.17 bits per heavy atom. The van der Waals surface area contributed by atoms with Crippen molar-refractivity contribution in [2.45, 2.75) is 13.0 Å². The summed E-state index contributed by atoms with van der Waals surface area (Å²) in [5, 5.41) is 3.28. The Bertz CT molecular complexity index is 681. The molecule has 0 saturated carbocycles. The summed E-state index contributed by atoms with van der Waals surface area (Å²) in [6.07, 6.45) is 3.46. The van der Waals surface area contributed by atoms with Crippen molar-refractivity contribution in [3.63, 3.8) is 0 Å². The van der Waals surface area contributed by atoms with E-state index in [4.69, 9.17) is 0 Å². The zero-order chi connectivity index (χ0) is 15.5. The molecular weight excluding hydrogens is 317 g/mol. The molecule has 6 heteroatoms. The Labute approximate surface area is 141 Å². The maximum absolute atomic E-state index is 14.3. The number of rotatable bonds is 2. The van der Waals surface area contributed by atoms with Gasteiger partial charge in [-0.05, 0) is 30.2 Å². The average Bonchev–Trinajstić information content (AvgIpc) is 2.57. The van der Waals surface area contributed by atoms with E-state index in [9.17, 15) is 9.18 Å². The van der Waals surface area contributed by atoms with Crippen LogP contribution in [0.2, 0.25) is 0 Å². The van der Waals surface area contributed by atoms with E-state index < -0.39 is 5.82 Å². The van der Waals surface area contributed by atoms with Gasteiger partial charge in [0, 0.05) is 32.0 Å². The van der Waals surface area contributed by atoms with Crippen LogP contribution in [0.5, 0.6) is 0 Å². The second kappa shape index (κ2) is 7.53. The third-order valence-corrected chi connectivity index (χ3v) is 4.00. The van der Waals surface area contributed by atoms with Gasteiger partial charge in [-0.3, -0.25) is 9.78 Å². The van der Waals surface area contributed by atoms with Crippen molar-refractivity contribution in [1.82, 2.24) is 15.2 Å². The lowest BCUT2D eigenvalue weighted by molar-refractivity contribution is 0.0629. The third-order valence-electron chi connectivity index (χ3n) is 4.00. The summed E-state index contributed by atoms with van der Waals surface area (Å²) in [5.74, 6) is -0.701. The summed E-state index contributed by atoms with van der Waals surface area (Å²) in [4.78, 5) is 18.6. The average molecular weight is 336 g/mol. The van der Waals surface area contributed by atoms with Gasteiger partial charge in [-0.2, -0.15) is 0 Å². The number of aryl methyl sites for hydroxylation is 1. The lowest BCUT2D eigenvalue weighted by Crippen LogP contribution is -2.48. The second-order valence-corrected chi connectivity index (χ2v) is 5.44. The van der Waals surface area contributed by atoms with E-state index in [0.717, 1.165) is 5.56 Å². The first kappa shape index (κ1) is 17.4. The topological polar surface area (TPSA) is 45.2 Å². The molecule has 1 fully saturated rings. The lowest BCUT2D eigenvalue weighted by atomic mass is 10.0. The number of nitrogens with one attached hydrogen (secondary N) is 1. The number of hydrogen-bond donors (Lipinski definition) is 1. The first-order chi connectivity index (χ1) is 10.7. The standard InChI is InChI=1S/C17H18FN3O.ClH/c1-12-4-2-6-14(16(12)18)17(22)21-9-8-20-11-15(21)13-5-3-7-19-10-13;/h2-7,10,15,20H,8-9,11H2,1H3;1H. The number of carbonyl (C=O) groups excluding carboxylic acids is 1. The highest BCUT2D eigenvalue weighted by Crippen LogP contribution is 2.25. The summed E-state index contributed by atoms with van der Waals surface area (Å²) in [7, 11) is 0. The molecule has 0 bridgehead atoms. The smallest absolute Gasteiger partial charge is 0.257 e. The highest BCUT2D eigenvalue weighted by atomic mass is 35.5. The highest BCUT2D eigenvalue weighted by molar-refractivity contribution is 5.95. The third kappa shape index (κ3) is 3.51. The molecular formula is C17H19ClFN3O. The molecule has 0 aliphatic carbocycles. The summed E-state index contributed by atoms with van der Waals surface area (Å²) in [6.45, 7) is 3.56. The van der Waals surface area contributed by atoms with Crippen LogP contribution in [0.1, 0.15) is 27.5 Å². The molecule has 0 radical (unpaired) electrons. The molecule has 1 aromatic carbocycles. The number of piperazine rings is 1. The zero-order valence-corrected chi connectivity index (χ0v) is 13.6. The fourth-order valence-electron chi connectivity index (χ4n) is 2.79. The maximum atomic E-state index is 14.3. The number of aromatic nitrogens is 1. The number of nitrogens with zero attached hydrogens (tertiary/aromatic N) is 2. The van der Waals surface area contributed by atoms with Crippen LogP contribution in [0, 0.1) is 12.7 Å². The van der Waals surface area contributed by atoms with Gasteiger partial charge in [0.25, 0.3) is 5.91 Å². The Balaban J connectivity index is 0.00000192. The van der Waals surface area contributed by atoms with E-state index in [0.29, 0.717) is 25.2 Å². The number of pyridine rings is 1. The molecule has 1 unspecified atom stereocenters. The number of hydrogen-bond acceptors (Lipinski definition) is 3. The Kier molecular flexibility index (Phi) is 5.69. The molecule has 1 aromatic heterocycles. The van der Waals surface area contributed by atoms with Gasteiger partial charge < -0.3 is 10.2 Å². The van der Waals surface area contributed by atoms with E-state index in [1.807, 2.05) is 12.1 Å². The fourth-order valence-corrected chi connectivity index (χ4v) is 2.79. The molecule has 2 heterocycles. The first-order valence-corrected chi connectivity index (χ1v) is 7.35. The van der Waals surface area contributed by atoms with Crippen molar-refractivity contribution in [1.29, 1.82) is 0 Å². The van der Waals surface area contributed by atoms with Crippen LogP contribution in [0.3, 0.4) is 0 Å². The van der Waals surface area contributed by atoms with Gasteiger partial charge in [-0.1, -0.05) is 18.2 Å². The quantitative estimate of drug-likeness (QED) is 0.918. The summed E-state index contributed by atoms with van der Waals surface area (Å²) in [5.41, 5.74) is 1.57. The highest BCUT2D eigenvalue weighted by Gasteiger charge is 2.30. The molecule has 4 nitrogen and oxygen atoms in total. The molecule has 1 amide bonds. The van der Waals surface area contributed by atoms with Crippen molar-refractivity contribution in [3.8, 4) is 0 Å². The molecule has 1 atom stereocenters. The first-order valence-electron chi connectivity index (χ1n) is 7.35. The van der Waals surface area contributed by atoms with E-state index in [1.165, 1.54) is 0 Å². The molecule has 1 aliphatic rings. The minimum absolute atomic E-state index is 0. The van der Waals surface area contributed by atoms with Crippen molar-refractivity contribution in [3.05, 3.63) is 65.2 Å². The summed E-state index contributed by atoms with van der Waals surface area (Å²) in [6, 6.07) is 8.59. The van der Waals surface area contributed by atoms with Crippen LogP contribution < -0.4 is 5.32 Å². The summed E-state index contributed by atoms with van der Waals surface area (Å²) >= 11 is 0. The number of benzene rings is 1. The normalized spacial score (nSPS) is 17.5. The van der Waals surface area contributed by atoms with Crippen molar-refractivity contribution >= 4 is 18.3 Å². The SMILES string of the molecule is Cc1cccc(C(=O)N2CCNCC2c2cccnc2)c1F.Cl. The van der Waals surface area contributed by atoms with Crippen LogP contribution in [0.15, 0.2) is 42.7 Å². The van der Waals surface area contributed by atoms with Crippen LogP contribution in [0.4, 0.5) is 4.39 Å². The Morgan fingerprint density at radius 1 is 1.35 bits per heavy atom. The number of halogens is 2. The van der Waals surface area contributed by atoms with Crippen LogP contribution in [-0.4, -0.2) is 35.4 Å². The molecule has 122 valence electrons. The van der Waals surface area contributed by atoms with Gasteiger partial charge in [0.1, 0.15) is 5.82 Å². The maximum Gasteiger partial charge on any atom is 0.257 e. The van der Waals surface area contributed by atoms with Crippen LogP contribution >= 0.6 is 12.4 Å². The molecule has 1 N–H and O–H groups in total. The van der Waals surface area contributed by atoms with Gasteiger partial charge in [0.05, 0.1) is 11.6 Å². The number of carbonyl (C=O) groups is 1.